The minimum Gasteiger partial charge on any atom is -0.319 e. The molecule has 0 spiro atoms. The van der Waals surface area contributed by atoms with Gasteiger partial charge in [0, 0.05) is 16.3 Å². The van der Waals surface area contributed by atoms with Crippen LogP contribution in [0.1, 0.15) is 27.3 Å². The first kappa shape index (κ1) is 20.8. The van der Waals surface area contributed by atoms with Gasteiger partial charge in [-0.2, -0.15) is 0 Å². The Bertz CT molecular complexity index is 1280. The van der Waals surface area contributed by atoms with Crippen molar-refractivity contribution in [2.45, 2.75) is 20.8 Å². The number of aryl methyl sites for hydroxylation is 2. The number of benzene rings is 3. The molecule has 0 radical (unpaired) electrons. The summed E-state index contributed by atoms with van der Waals surface area (Å²) in [5, 5.41) is 7.87. The molecule has 5 nitrogen and oxygen atoms in total. The fourth-order valence-electron chi connectivity index (χ4n) is 3.19. The lowest BCUT2D eigenvalue weighted by Gasteiger charge is -2.10. The highest BCUT2D eigenvalue weighted by molar-refractivity contribution is 6.31. The molecule has 0 saturated carbocycles. The zero-order valence-corrected chi connectivity index (χ0v) is 18.0. The van der Waals surface area contributed by atoms with E-state index < -0.39 is 5.91 Å². The summed E-state index contributed by atoms with van der Waals surface area (Å²) in [6.07, 6.45) is 0. The molecule has 0 fully saturated rings. The summed E-state index contributed by atoms with van der Waals surface area (Å²) < 4.78 is 15.0. The molecular weight excluding hydrogens is 415 g/mol. The Hall–Kier alpha value is -3.51. The van der Waals surface area contributed by atoms with E-state index in [-0.39, 0.29) is 11.6 Å². The van der Waals surface area contributed by atoms with Gasteiger partial charge in [-0.3, -0.25) is 4.79 Å². The Kier molecular flexibility index (Phi) is 5.57. The lowest BCUT2D eigenvalue weighted by Crippen LogP contribution is -2.14. The Balaban J connectivity index is 1.79. The number of carbonyl (C=O) groups excluding carboxylic acids is 1. The number of anilines is 1. The lowest BCUT2D eigenvalue weighted by molar-refractivity contribution is 0.101. The van der Waals surface area contributed by atoms with Crippen LogP contribution in [0.15, 0.2) is 60.7 Å². The molecule has 0 unspecified atom stereocenters. The second-order valence-electron chi connectivity index (χ2n) is 7.31. The SMILES string of the molecule is Cc1ccc(NC(=O)c2nc(-c3ccc(F)cc3)n(-c3cccc(Cl)c3C)n2)cc1C. The van der Waals surface area contributed by atoms with E-state index in [2.05, 4.69) is 15.4 Å². The monoisotopic (exact) mass is 434 g/mol. The Labute approximate surface area is 184 Å². The fourth-order valence-corrected chi connectivity index (χ4v) is 3.36. The molecule has 3 aromatic carbocycles. The molecule has 0 bridgehead atoms. The van der Waals surface area contributed by atoms with E-state index in [0.29, 0.717) is 27.8 Å². The molecule has 0 aliphatic carbocycles. The fraction of sp³-hybridized carbons (Fsp3) is 0.125. The first-order chi connectivity index (χ1) is 14.8. The van der Waals surface area contributed by atoms with Gasteiger partial charge in [-0.1, -0.05) is 23.7 Å². The van der Waals surface area contributed by atoms with Crippen LogP contribution < -0.4 is 5.32 Å². The molecule has 0 aliphatic rings. The van der Waals surface area contributed by atoms with Gasteiger partial charge in [0.1, 0.15) is 5.82 Å². The number of nitrogens with zero attached hydrogens (tertiary/aromatic N) is 3. The summed E-state index contributed by atoms with van der Waals surface area (Å²) in [4.78, 5) is 17.4. The zero-order chi connectivity index (χ0) is 22.1. The van der Waals surface area contributed by atoms with Crippen molar-refractivity contribution in [2.75, 3.05) is 5.32 Å². The van der Waals surface area contributed by atoms with Crippen LogP contribution in [0, 0.1) is 26.6 Å². The number of aromatic nitrogens is 3. The van der Waals surface area contributed by atoms with Crippen molar-refractivity contribution in [3.63, 3.8) is 0 Å². The number of rotatable bonds is 4. The molecule has 1 N–H and O–H groups in total. The minimum absolute atomic E-state index is 0.00284. The van der Waals surface area contributed by atoms with Gasteiger partial charge in [0.2, 0.25) is 5.82 Å². The molecule has 4 rings (SSSR count). The van der Waals surface area contributed by atoms with Crippen LogP contribution in [-0.2, 0) is 0 Å². The summed E-state index contributed by atoms with van der Waals surface area (Å²) >= 11 is 6.30. The topological polar surface area (TPSA) is 59.8 Å². The summed E-state index contributed by atoms with van der Waals surface area (Å²) in [5.74, 6) is -0.390. The summed E-state index contributed by atoms with van der Waals surface area (Å²) in [6.45, 7) is 5.85. The lowest BCUT2D eigenvalue weighted by atomic mass is 10.1. The Morgan fingerprint density at radius 2 is 1.74 bits per heavy atom. The molecule has 156 valence electrons. The second kappa shape index (κ2) is 8.32. The number of nitrogens with one attached hydrogen (secondary N) is 1. The normalized spacial score (nSPS) is 10.9. The predicted octanol–water partition coefficient (Wildman–Crippen LogP) is 5.90. The van der Waals surface area contributed by atoms with E-state index in [1.807, 2.05) is 45.0 Å². The first-order valence-electron chi connectivity index (χ1n) is 9.70. The average Bonchev–Trinajstić information content (AvgIpc) is 3.18. The molecule has 1 heterocycles. The Morgan fingerprint density at radius 1 is 1.00 bits per heavy atom. The molecular formula is C24H20ClFN4O. The number of hydrogen-bond donors (Lipinski definition) is 1. The number of hydrogen-bond acceptors (Lipinski definition) is 3. The zero-order valence-electron chi connectivity index (χ0n) is 17.3. The summed E-state index contributed by atoms with van der Waals surface area (Å²) in [5.41, 5.74) is 4.96. The van der Waals surface area contributed by atoms with Gasteiger partial charge >= 0.3 is 0 Å². The van der Waals surface area contributed by atoms with Crippen molar-refractivity contribution in [1.29, 1.82) is 0 Å². The number of carbonyl (C=O) groups is 1. The summed E-state index contributed by atoms with van der Waals surface area (Å²) in [7, 11) is 0. The second-order valence-corrected chi connectivity index (χ2v) is 7.72. The largest absolute Gasteiger partial charge is 0.319 e. The first-order valence-corrected chi connectivity index (χ1v) is 10.1. The van der Waals surface area contributed by atoms with Crippen molar-refractivity contribution >= 4 is 23.2 Å². The van der Waals surface area contributed by atoms with E-state index in [0.717, 1.165) is 16.7 Å². The van der Waals surface area contributed by atoms with Crippen molar-refractivity contribution < 1.29 is 9.18 Å². The van der Waals surface area contributed by atoms with Crippen LogP contribution in [0.5, 0.6) is 0 Å². The highest BCUT2D eigenvalue weighted by atomic mass is 35.5. The van der Waals surface area contributed by atoms with Crippen LogP contribution >= 0.6 is 11.6 Å². The smallest absolute Gasteiger partial charge is 0.295 e. The molecule has 0 atom stereocenters. The molecule has 0 saturated heterocycles. The van der Waals surface area contributed by atoms with Crippen molar-refractivity contribution in [3.05, 3.63) is 94.0 Å². The maximum atomic E-state index is 13.5. The molecule has 7 heteroatoms. The number of halogens is 2. The quantitative estimate of drug-likeness (QED) is 0.434. The third kappa shape index (κ3) is 4.20. The van der Waals surface area contributed by atoms with Crippen LogP contribution in [0.2, 0.25) is 5.02 Å². The average molecular weight is 435 g/mol. The van der Waals surface area contributed by atoms with Gasteiger partial charge in [-0.05, 0) is 86.0 Å². The molecule has 31 heavy (non-hydrogen) atoms. The van der Waals surface area contributed by atoms with Crippen LogP contribution in [0.25, 0.3) is 17.1 Å². The molecule has 1 aromatic heterocycles. The van der Waals surface area contributed by atoms with Gasteiger partial charge in [0.25, 0.3) is 5.91 Å². The Morgan fingerprint density at radius 3 is 2.45 bits per heavy atom. The summed E-state index contributed by atoms with van der Waals surface area (Å²) in [6, 6.07) is 17.0. The number of amides is 1. The van der Waals surface area contributed by atoms with Gasteiger partial charge in [-0.15, -0.1) is 5.10 Å². The molecule has 4 aromatic rings. The van der Waals surface area contributed by atoms with Crippen LogP contribution in [0.4, 0.5) is 10.1 Å². The van der Waals surface area contributed by atoms with E-state index in [4.69, 9.17) is 11.6 Å². The molecule has 0 aliphatic heterocycles. The van der Waals surface area contributed by atoms with Gasteiger partial charge in [-0.25, -0.2) is 14.1 Å². The predicted molar refractivity (Wildman–Crippen MR) is 120 cm³/mol. The van der Waals surface area contributed by atoms with Crippen molar-refractivity contribution in [1.82, 2.24) is 14.8 Å². The third-order valence-corrected chi connectivity index (χ3v) is 5.55. The van der Waals surface area contributed by atoms with Crippen LogP contribution in [-0.4, -0.2) is 20.7 Å². The minimum atomic E-state index is -0.440. The highest BCUT2D eigenvalue weighted by Crippen LogP contribution is 2.27. The van der Waals surface area contributed by atoms with E-state index >= 15 is 0 Å². The van der Waals surface area contributed by atoms with Gasteiger partial charge in [0.05, 0.1) is 5.69 Å². The van der Waals surface area contributed by atoms with Crippen molar-refractivity contribution in [2.24, 2.45) is 0 Å². The highest BCUT2D eigenvalue weighted by Gasteiger charge is 2.20. The van der Waals surface area contributed by atoms with Crippen molar-refractivity contribution in [3.8, 4) is 17.1 Å². The van der Waals surface area contributed by atoms with E-state index in [9.17, 15) is 9.18 Å². The van der Waals surface area contributed by atoms with Crippen LogP contribution in [0.3, 0.4) is 0 Å². The maximum Gasteiger partial charge on any atom is 0.295 e. The molecule has 1 amide bonds. The maximum absolute atomic E-state index is 13.5. The van der Waals surface area contributed by atoms with Gasteiger partial charge in [0.15, 0.2) is 5.82 Å². The third-order valence-electron chi connectivity index (χ3n) is 5.14. The van der Waals surface area contributed by atoms with Gasteiger partial charge < -0.3 is 5.32 Å². The van der Waals surface area contributed by atoms with E-state index in [1.165, 1.54) is 12.1 Å². The van der Waals surface area contributed by atoms with E-state index in [1.54, 1.807) is 28.9 Å². The standard InChI is InChI=1S/C24H20ClFN4O/c1-14-7-12-19(13-15(14)2)27-24(31)22-28-23(17-8-10-18(26)11-9-17)30(29-22)21-6-4-5-20(25)16(21)3/h4-13H,1-3H3,(H,27,31).